The minimum absolute atomic E-state index is 0.269. The Morgan fingerprint density at radius 1 is 0.426 bits per heavy atom. The maximum atomic E-state index is 14.6. The van der Waals surface area contributed by atoms with Crippen LogP contribution in [0.1, 0.15) is 0 Å². The summed E-state index contributed by atoms with van der Waals surface area (Å²) < 4.78 is 103. The molecule has 8 aromatic carbocycles. The van der Waals surface area contributed by atoms with Crippen molar-refractivity contribution in [1.29, 1.82) is 0 Å². The van der Waals surface area contributed by atoms with Gasteiger partial charge in [-0.05, 0) is 59.3 Å². The number of benzene rings is 8. The summed E-state index contributed by atoms with van der Waals surface area (Å²) in [6.07, 6.45) is 0. The SMILES string of the molecule is O=S(=O)(O)c1c(N=Nc2c(Nc3ccccc3)ccc3ccccc23)ccc2c1S(=O)(=O)c1c-2ccc(N=Nc2c(Nc3ccccc3)ccc3ccccc23)c1S(=O)(=O)O. The molecule has 302 valence electrons. The highest BCUT2D eigenvalue weighted by Crippen LogP contribution is 2.53. The van der Waals surface area contributed by atoms with Crippen LogP contribution in [0.4, 0.5) is 45.5 Å². The number of fused-ring (bicyclic) bond motifs is 5. The van der Waals surface area contributed by atoms with Gasteiger partial charge in [-0.2, -0.15) is 16.8 Å². The maximum absolute atomic E-state index is 14.6. The molecule has 0 aliphatic carbocycles. The minimum Gasteiger partial charge on any atom is -0.354 e. The Morgan fingerprint density at radius 2 is 0.803 bits per heavy atom. The fraction of sp³-hybridized carbons (Fsp3) is 0. The zero-order valence-corrected chi connectivity index (χ0v) is 33.8. The first-order valence-electron chi connectivity index (χ1n) is 18.3. The van der Waals surface area contributed by atoms with Gasteiger partial charge in [0.1, 0.15) is 42.3 Å². The molecule has 4 N–H and O–H groups in total. The molecule has 1 aliphatic rings. The molecule has 0 saturated carbocycles. The van der Waals surface area contributed by atoms with Gasteiger partial charge < -0.3 is 10.6 Å². The van der Waals surface area contributed by atoms with E-state index < -0.39 is 61.0 Å². The molecule has 9 rings (SSSR count). The molecule has 0 spiro atoms. The molecular weight excluding hydrogens is 837 g/mol. The minimum atomic E-state index is -5.42. The van der Waals surface area contributed by atoms with Gasteiger partial charge in [-0.3, -0.25) is 9.11 Å². The van der Waals surface area contributed by atoms with Gasteiger partial charge in [0, 0.05) is 33.3 Å². The van der Waals surface area contributed by atoms with Crippen molar-refractivity contribution in [3.05, 3.63) is 158 Å². The third kappa shape index (κ3) is 7.30. The Labute approximate surface area is 349 Å². The molecule has 1 heterocycles. The van der Waals surface area contributed by atoms with Crippen LogP contribution in [0.2, 0.25) is 0 Å². The van der Waals surface area contributed by atoms with Gasteiger partial charge in [0.05, 0.1) is 11.4 Å². The normalized spacial score (nSPS) is 13.5. The fourth-order valence-corrected chi connectivity index (χ4v) is 11.9. The van der Waals surface area contributed by atoms with Gasteiger partial charge in [0.15, 0.2) is 0 Å². The van der Waals surface area contributed by atoms with Crippen molar-refractivity contribution in [1.82, 2.24) is 0 Å². The predicted molar refractivity (Wildman–Crippen MR) is 233 cm³/mol. The summed E-state index contributed by atoms with van der Waals surface area (Å²) in [5.41, 5.74) is 1.28. The summed E-state index contributed by atoms with van der Waals surface area (Å²) in [6, 6.07) is 44.7. The molecule has 0 fully saturated rings. The average Bonchev–Trinajstić information content (AvgIpc) is 3.47. The van der Waals surface area contributed by atoms with E-state index in [9.17, 15) is 34.4 Å². The molecule has 0 unspecified atom stereocenters. The second kappa shape index (κ2) is 15.1. The number of hydrogen-bond acceptors (Lipinski definition) is 12. The van der Waals surface area contributed by atoms with Crippen LogP contribution in [0.15, 0.2) is 198 Å². The fourth-order valence-electron chi connectivity index (χ4n) is 7.31. The zero-order chi connectivity index (χ0) is 42.5. The van der Waals surface area contributed by atoms with Crippen molar-refractivity contribution in [2.24, 2.45) is 20.5 Å². The van der Waals surface area contributed by atoms with E-state index in [-0.39, 0.29) is 22.5 Å². The van der Waals surface area contributed by atoms with Crippen LogP contribution in [-0.4, -0.2) is 34.4 Å². The first kappa shape index (κ1) is 39.3. The Hall–Kier alpha value is -7.15. The summed E-state index contributed by atoms with van der Waals surface area (Å²) in [4.78, 5) is -4.19. The largest absolute Gasteiger partial charge is 0.354 e. The number of azo groups is 2. The third-order valence-electron chi connectivity index (χ3n) is 9.95. The van der Waals surface area contributed by atoms with Gasteiger partial charge in [-0.25, -0.2) is 8.42 Å². The Morgan fingerprint density at radius 3 is 1.20 bits per heavy atom. The van der Waals surface area contributed by atoms with E-state index in [1.165, 1.54) is 12.1 Å². The number of nitrogens with one attached hydrogen (secondary N) is 2. The number of sulfone groups is 1. The lowest BCUT2D eigenvalue weighted by Crippen LogP contribution is -2.10. The number of anilines is 4. The highest BCUT2D eigenvalue weighted by Gasteiger charge is 2.44. The van der Waals surface area contributed by atoms with Crippen molar-refractivity contribution in [2.45, 2.75) is 19.6 Å². The van der Waals surface area contributed by atoms with Crippen molar-refractivity contribution < 1.29 is 34.4 Å². The van der Waals surface area contributed by atoms with Crippen LogP contribution in [0, 0.1) is 0 Å². The van der Waals surface area contributed by atoms with Gasteiger partial charge in [-0.15, -0.1) is 20.5 Å². The molecule has 0 amide bonds. The van der Waals surface area contributed by atoms with Crippen LogP contribution in [0.3, 0.4) is 0 Å². The third-order valence-corrected chi connectivity index (χ3v) is 14.0. The molecule has 17 heteroatoms. The number of hydrogen-bond donors (Lipinski definition) is 4. The standard InChI is InChI=1S/C44H30N6O8S3/c51-59(52)41-33(21-25-37(43(41)60(53,54)55)47-49-39-31-17-9-7-11-27(31)19-23-35(39)45-29-13-3-1-4-14-29)34-22-26-38(44(42(34)59)61(56,57)58)48-50-40-32-18-10-8-12-28(32)20-24-36(40)46-30-15-5-2-6-16-30/h1-26,45-46H,(H,53,54,55)(H,56,57,58). The highest BCUT2D eigenvalue weighted by atomic mass is 32.2. The molecule has 61 heavy (non-hydrogen) atoms. The van der Waals surface area contributed by atoms with Gasteiger partial charge in [0.25, 0.3) is 20.2 Å². The van der Waals surface area contributed by atoms with E-state index in [0.29, 0.717) is 33.5 Å². The van der Waals surface area contributed by atoms with Crippen LogP contribution in [0.25, 0.3) is 32.7 Å². The van der Waals surface area contributed by atoms with E-state index in [0.717, 1.165) is 22.9 Å². The molecule has 0 radical (unpaired) electrons. The average molecular weight is 867 g/mol. The van der Waals surface area contributed by atoms with E-state index in [1.807, 2.05) is 97.1 Å². The molecule has 0 saturated heterocycles. The van der Waals surface area contributed by atoms with Crippen LogP contribution < -0.4 is 10.6 Å². The number of para-hydroxylation sites is 2. The second-order valence-corrected chi connectivity index (χ2v) is 18.3. The van der Waals surface area contributed by atoms with Gasteiger partial charge in [0.2, 0.25) is 9.84 Å². The Bertz CT molecular complexity index is 3270. The zero-order valence-electron chi connectivity index (χ0n) is 31.4. The first-order chi connectivity index (χ1) is 29.3. The van der Waals surface area contributed by atoms with E-state index in [4.69, 9.17) is 0 Å². The van der Waals surface area contributed by atoms with Crippen molar-refractivity contribution in [2.75, 3.05) is 10.6 Å². The lowest BCUT2D eigenvalue weighted by atomic mass is 10.0. The van der Waals surface area contributed by atoms with Crippen LogP contribution in [-0.2, 0) is 30.1 Å². The molecule has 0 bridgehead atoms. The van der Waals surface area contributed by atoms with E-state index >= 15 is 0 Å². The molecule has 0 atom stereocenters. The quantitative estimate of drug-likeness (QED) is 0.0753. The van der Waals surface area contributed by atoms with E-state index in [2.05, 4.69) is 31.1 Å². The van der Waals surface area contributed by atoms with E-state index in [1.54, 1.807) is 36.4 Å². The lowest BCUT2D eigenvalue weighted by Gasteiger charge is -2.12. The van der Waals surface area contributed by atoms with Crippen molar-refractivity contribution in [3.63, 3.8) is 0 Å². The van der Waals surface area contributed by atoms with Crippen molar-refractivity contribution in [3.8, 4) is 11.1 Å². The number of nitrogens with zero attached hydrogens (tertiary/aromatic N) is 4. The first-order valence-corrected chi connectivity index (χ1v) is 22.7. The summed E-state index contributed by atoms with van der Waals surface area (Å²) in [5.74, 6) is 0. The summed E-state index contributed by atoms with van der Waals surface area (Å²) in [7, 11) is -16.0. The molecular formula is C44H30N6O8S3. The topological polar surface area (TPSA) is 216 Å². The predicted octanol–water partition coefficient (Wildman–Crippen LogP) is 11.6. The summed E-state index contributed by atoms with van der Waals surface area (Å²) in [6.45, 7) is 0. The second-order valence-electron chi connectivity index (χ2n) is 13.8. The van der Waals surface area contributed by atoms with Crippen LogP contribution in [0.5, 0.6) is 0 Å². The monoisotopic (exact) mass is 866 g/mol. The lowest BCUT2D eigenvalue weighted by molar-refractivity contribution is 0.479. The smallest absolute Gasteiger partial charge is 0.298 e. The highest BCUT2D eigenvalue weighted by molar-refractivity contribution is 7.94. The molecule has 8 aromatic rings. The van der Waals surface area contributed by atoms with Gasteiger partial charge in [-0.1, -0.05) is 109 Å². The molecule has 1 aliphatic heterocycles. The molecule has 14 nitrogen and oxygen atoms in total. The van der Waals surface area contributed by atoms with Crippen LogP contribution >= 0.6 is 0 Å². The van der Waals surface area contributed by atoms with Gasteiger partial charge >= 0.3 is 0 Å². The van der Waals surface area contributed by atoms with Crippen molar-refractivity contribution >= 4 is 97.1 Å². The summed E-state index contributed by atoms with van der Waals surface area (Å²) >= 11 is 0. The summed E-state index contributed by atoms with van der Waals surface area (Å²) in [5, 5.41) is 26.5. The molecule has 0 aromatic heterocycles. The maximum Gasteiger partial charge on any atom is 0.298 e. The Kier molecular flexibility index (Phi) is 9.76. The Balaban J connectivity index is 1.19. The number of rotatable bonds is 10.